The van der Waals surface area contributed by atoms with E-state index in [1.807, 2.05) is 19.9 Å². The van der Waals surface area contributed by atoms with Gasteiger partial charge in [-0.15, -0.1) is 0 Å². The number of carbonyl (C=O) groups excluding carboxylic acids is 1. The van der Waals surface area contributed by atoms with Gasteiger partial charge in [0.25, 0.3) is 11.5 Å². The zero-order chi connectivity index (χ0) is 18.7. The van der Waals surface area contributed by atoms with E-state index in [1.165, 1.54) is 12.1 Å². The van der Waals surface area contributed by atoms with Crippen LogP contribution in [0.2, 0.25) is 0 Å². The van der Waals surface area contributed by atoms with E-state index < -0.39 is 5.56 Å². The SMILES string of the molecule is Cc1cc(C)nc(OC2CCC(NC(=O)c3cc(O)[nH]c(=O)c3)CC2)n1. The van der Waals surface area contributed by atoms with Crippen LogP contribution in [0, 0.1) is 13.8 Å². The average Bonchev–Trinajstić information content (AvgIpc) is 2.55. The van der Waals surface area contributed by atoms with Crippen LogP contribution in [0.1, 0.15) is 47.4 Å². The molecule has 0 aliphatic heterocycles. The van der Waals surface area contributed by atoms with Crippen molar-refractivity contribution in [2.45, 2.75) is 51.7 Å². The van der Waals surface area contributed by atoms with Gasteiger partial charge in [0.1, 0.15) is 6.10 Å². The Morgan fingerprint density at radius 1 is 1.15 bits per heavy atom. The van der Waals surface area contributed by atoms with Crippen molar-refractivity contribution in [2.24, 2.45) is 0 Å². The zero-order valence-corrected chi connectivity index (χ0v) is 14.8. The first kappa shape index (κ1) is 17.9. The molecule has 1 fully saturated rings. The summed E-state index contributed by atoms with van der Waals surface area (Å²) in [5, 5.41) is 12.3. The van der Waals surface area contributed by atoms with E-state index in [9.17, 15) is 14.7 Å². The second kappa shape index (κ2) is 7.55. The Hall–Kier alpha value is -2.90. The number of pyridine rings is 1. The molecule has 2 aromatic rings. The lowest BCUT2D eigenvalue weighted by molar-refractivity contribution is 0.0884. The van der Waals surface area contributed by atoms with Crippen molar-refractivity contribution in [1.82, 2.24) is 20.3 Å². The van der Waals surface area contributed by atoms with Gasteiger partial charge < -0.3 is 15.2 Å². The van der Waals surface area contributed by atoms with Gasteiger partial charge in [0, 0.05) is 29.6 Å². The van der Waals surface area contributed by atoms with E-state index in [0.29, 0.717) is 6.01 Å². The number of H-pyrrole nitrogens is 1. The number of hydrogen-bond acceptors (Lipinski definition) is 6. The number of aromatic nitrogens is 3. The van der Waals surface area contributed by atoms with E-state index in [2.05, 4.69) is 20.3 Å². The molecule has 26 heavy (non-hydrogen) atoms. The molecule has 1 amide bonds. The molecule has 138 valence electrons. The van der Waals surface area contributed by atoms with E-state index in [4.69, 9.17) is 4.74 Å². The van der Waals surface area contributed by atoms with Crippen molar-refractivity contribution < 1.29 is 14.6 Å². The molecule has 0 atom stereocenters. The molecule has 3 N–H and O–H groups in total. The maximum atomic E-state index is 12.2. The van der Waals surface area contributed by atoms with Gasteiger partial charge in [-0.1, -0.05) is 0 Å². The Balaban J connectivity index is 1.53. The van der Waals surface area contributed by atoms with Crippen LogP contribution in [0.3, 0.4) is 0 Å². The van der Waals surface area contributed by atoms with Crippen LogP contribution in [0.25, 0.3) is 0 Å². The third kappa shape index (κ3) is 4.59. The third-order valence-corrected chi connectivity index (χ3v) is 4.34. The van der Waals surface area contributed by atoms with E-state index in [-0.39, 0.29) is 29.5 Å². The summed E-state index contributed by atoms with van der Waals surface area (Å²) in [6.45, 7) is 3.81. The second-order valence-electron chi connectivity index (χ2n) is 6.62. The Morgan fingerprint density at radius 3 is 2.42 bits per heavy atom. The fraction of sp³-hybridized carbons (Fsp3) is 0.444. The topological polar surface area (TPSA) is 117 Å². The van der Waals surface area contributed by atoms with Crippen LogP contribution in [0.15, 0.2) is 23.0 Å². The molecule has 0 radical (unpaired) electrons. The van der Waals surface area contributed by atoms with Crippen molar-refractivity contribution in [1.29, 1.82) is 0 Å². The standard InChI is InChI=1S/C18H22N4O4/c1-10-7-11(2)20-18(19-10)26-14-5-3-13(4-6-14)21-17(25)12-8-15(23)22-16(24)9-12/h7-9,13-14H,3-6H2,1-2H3,(H,21,25)(H2,22,23,24). The van der Waals surface area contributed by atoms with Gasteiger partial charge in [0.05, 0.1) is 5.56 Å². The first-order chi connectivity index (χ1) is 12.4. The van der Waals surface area contributed by atoms with E-state index >= 15 is 0 Å². The Morgan fingerprint density at radius 2 is 1.81 bits per heavy atom. The monoisotopic (exact) mass is 358 g/mol. The lowest BCUT2D eigenvalue weighted by atomic mass is 9.93. The van der Waals surface area contributed by atoms with Crippen LogP contribution in [0.4, 0.5) is 0 Å². The van der Waals surface area contributed by atoms with Gasteiger partial charge in [-0.2, -0.15) is 0 Å². The summed E-state index contributed by atoms with van der Waals surface area (Å²) in [6, 6.07) is 4.70. The highest BCUT2D eigenvalue weighted by Gasteiger charge is 2.25. The smallest absolute Gasteiger partial charge is 0.317 e. The molecule has 0 spiro atoms. The summed E-state index contributed by atoms with van der Waals surface area (Å²) in [6.07, 6.45) is 3.10. The van der Waals surface area contributed by atoms with Crippen molar-refractivity contribution in [3.63, 3.8) is 0 Å². The molecular weight excluding hydrogens is 336 g/mol. The zero-order valence-electron chi connectivity index (χ0n) is 14.8. The van der Waals surface area contributed by atoms with Crippen LogP contribution in [-0.4, -0.2) is 38.1 Å². The van der Waals surface area contributed by atoms with Gasteiger partial charge in [0.15, 0.2) is 5.88 Å². The Kier molecular flexibility index (Phi) is 5.20. The average molecular weight is 358 g/mol. The lowest BCUT2D eigenvalue weighted by Gasteiger charge is -2.29. The Labute approximate surface area is 150 Å². The quantitative estimate of drug-likeness (QED) is 0.764. The Bertz CT molecular complexity index is 836. The summed E-state index contributed by atoms with van der Waals surface area (Å²) in [5.41, 5.74) is 1.37. The minimum atomic E-state index is -0.513. The van der Waals surface area contributed by atoms with Gasteiger partial charge in [-0.3, -0.25) is 14.6 Å². The summed E-state index contributed by atoms with van der Waals surface area (Å²) in [7, 11) is 0. The normalized spacial score (nSPS) is 19.8. The maximum absolute atomic E-state index is 12.2. The first-order valence-electron chi connectivity index (χ1n) is 8.62. The number of nitrogens with zero attached hydrogens (tertiary/aromatic N) is 2. The number of aromatic amines is 1. The number of carbonyl (C=O) groups is 1. The van der Waals surface area contributed by atoms with E-state index in [0.717, 1.165) is 37.1 Å². The molecular formula is C18H22N4O4. The van der Waals surface area contributed by atoms with Crippen molar-refractivity contribution in [3.05, 3.63) is 45.5 Å². The first-order valence-corrected chi connectivity index (χ1v) is 8.62. The van der Waals surface area contributed by atoms with E-state index in [1.54, 1.807) is 0 Å². The molecule has 0 aromatic carbocycles. The molecule has 8 nitrogen and oxygen atoms in total. The van der Waals surface area contributed by atoms with Crippen LogP contribution < -0.4 is 15.6 Å². The molecule has 8 heteroatoms. The van der Waals surface area contributed by atoms with Gasteiger partial charge in [0.2, 0.25) is 0 Å². The number of rotatable bonds is 4. The van der Waals surface area contributed by atoms with Crippen LogP contribution >= 0.6 is 0 Å². The number of amides is 1. The molecule has 1 saturated carbocycles. The predicted octanol–water partition coefficient (Wildman–Crippen LogP) is 1.61. The van der Waals surface area contributed by atoms with Crippen molar-refractivity contribution in [2.75, 3.05) is 0 Å². The second-order valence-corrected chi connectivity index (χ2v) is 6.62. The number of nitrogens with one attached hydrogen (secondary N) is 2. The largest absolute Gasteiger partial charge is 0.494 e. The minimum Gasteiger partial charge on any atom is -0.494 e. The number of aromatic hydroxyl groups is 1. The van der Waals surface area contributed by atoms with Crippen molar-refractivity contribution in [3.8, 4) is 11.9 Å². The number of hydrogen-bond donors (Lipinski definition) is 3. The molecule has 0 saturated heterocycles. The number of aryl methyl sites for hydroxylation is 2. The molecule has 1 aliphatic carbocycles. The highest BCUT2D eigenvalue weighted by molar-refractivity contribution is 5.94. The molecule has 0 unspecified atom stereocenters. The van der Waals surface area contributed by atoms with Gasteiger partial charge >= 0.3 is 6.01 Å². The predicted molar refractivity (Wildman–Crippen MR) is 94.4 cm³/mol. The van der Waals surface area contributed by atoms with Gasteiger partial charge in [-0.25, -0.2) is 9.97 Å². The van der Waals surface area contributed by atoms with Crippen LogP contribution in [-0.2, 0) is 0 Å². The molecule has 3 rings (SSSR count). The highest BCUT2D eigenvalue weighted by atomic mass is 16.5. The molecule has 2 aromatic heterocycles. The summed E-state index contributed by atoms with van der Waals surface area (Å²) in [5.74, 6) is -0.693. The fourth-order valence-electron chi connectivity index (χ4n) is 3.15. The maximum Gasteiger partial charge on any atom is 0.317 e. The third-order valence-electron chi connectivity index (χ3n) is 4.34. The minimum absolute atomic E-state index is 0.00365. The summed E-state index contributed by atoms with van der Waals surface area (Å²) in [4.78, 5) is 34.4. The molecule has 2 heterocycles. The number of ether oxygens (including phenoxy) is 1. The molecule has 0 bridgehead atoms. The van der Waals surface area contributed by atoms with Crippen LogP contribution in [0.5, 0.6) is 11.9 Å². The fourth-order valence-corrected chi connectivity index (χ4v) is 3.15. The summed E-state index contributed by atoms with van der Waals surface area (Å²) >= 11 is 0. The van der Waals surface area contributed by atoms with Crippen molar-refractivity contribution >= 4 is 5.91 Å². The lowest BCUT2D eigenvalue weighted by Crippen LogP contribution is -2.40. The molecule has 1 aliphatic rings. The highest BCUT2D eigenvalue weighted by Crippen LogP contribution is 2.23. The summed E-state index contributed by atoms with van der Waals surface area (Å²) < 4.78 is 5.87. The van der Waals surface area contributed by atoms with Gasteiger partial charge in [-0.05, 0) is 45.6 Å².